The topological polar surface area (TPSA) is 232 Å². The number of benzene rings is 1. The number of ether oxygens (including phenoxy) is 2. The molecule has 58 heavy (non-hydrogen) atoms. The number of ketones is 1. The van der Waals surface area contributed by atoms with Crippen molar-refractivity contribution in [3.8, 4) is 0 Å². The molecular formula is C41H61FN6O10. The van der Waals surface area contributed by atoms with Crippen LogP contribution < -0.4 is 27.0 Å². The van der Waals surface area contributed by atoms with E-state index in [2.05, 4.69) is 21.3 Å². The Labute approximate surface area is 339 Å². The van der Waals surface area contributed by atoms with Crippen molar-refractivity contribution in [1.29, 1.82) is 0 Å². The fourth-order valence-corrected chi connectivity index (χ4v) is 7.18. The second-order valence-electron chi connectivity index (χ2n) is 16.1. The molecule has 16 nitrogen and oxygen atoms in total. The van der Waals surface area contributed by atoms with Crippen LogP contribution in [0.2, 0.25) is 0 Å². The first-order chi connectivity index (χ1) is 27.4. The molecule has 1 saturated carbocycles. The van der Waals surface area contributed by atoms with E-state index < -0.39 is 102 Å². The summed E-state index contributed by atoms with van der Waals surface area (Å²) in [6.07, 6.45) is 5.08. The molecule has 0 spiro atoms. The summed E-state index contributed by atoms with van der Waals surface area (Å²) in [4.78, 5) is 106. The zero-order valence-corrected chi connectivity index (χ0v) is 34.4. The monoisotopic (exact) mass is 816 g/mol. The molecule has 1 aliphatic heterocycles. The maximum Gasteiger partial charge on any atom is 0.332 e. The van der Waals surface area contributed by atoms with Gasteiger partial charge in [-0.05, 0) is 70.1 Å². The molecule has 3 unspecified atom stereocenters. The van der Waals surface area contributed by atoms with Gasteiger partial charge in [-0.25, -0.2) is 9.18 Å². The molecule has 1 heterocycles. The van der Waals surface area contributed by atoms with Crippen molar-refractivity contribution >= 4 is 47.2 Å². The third-order valence-corrected chi connectivity index (χ3v) is 10.1. The number of carbonyl (C=O) groups excluding carboxylic acids is 8. The van der Waals surface area contributed by atoms with Crippen LogP contribution in [-0.4, -0.2) is 108 Å². The molecule has 1 aromatic carbocycles. The number of likely N-dealkylation sites (tertiary alicyclic amines) is 1. The summed E-state index contributed by atoms with van der Waals surface area (Å²) < 4.78 is 24.8. The second-order valence-corrected chi connectivity index (χ2v) is 16.1. The van der Waals surface area contributed by atoms with Crippen molar-refractivity contribution in [1.82, 2.24) is 26.2 Å². The van der Waals surface area contributed by atoms with Crippen molar-refractivity contribution in [3.05, 3.63) is 35.6 Å². The van der Waals surface area contributed by atoms with Gasteiger partial charge in [0.2, 0.25) is 35.3 Å². The van der Waals surface area contributed by atoms with E-state index in [-0.39, 0.29) is 31.7 Å². The number of carbonyl (C=O) groups is 8. The Balaban J connectivity index is 1.81. The molecule has 0 radical (unpaired) electrons. The largest absolute Gasteiger partial charge is 0.458 e. The highest BCUT2D eigenvalue weighted by molar-refractivity contribution is 6.38. The van der Waals surface area contributed by atoms with E-state index in [0.717, 1.165) is 25.7 Å². The Morgan fingerprint density at radius 3 is 2.16 bits per heavy atom. The minimum atomic E-state index is -1.33. The minimum absolute atomic E-state index is 0.0499. The van der Waals surface area contributed by atoms with Crippen LogP contribution in [0.5, 0.6) is 0 Å². The molecular weight excluding hydrogens is 755 g/mol. The Hall–Kier alpha value is -4.93. The van der Waals surface area contributed by atoms with Crippen LogP contribution in [0.15, 0.2) is 24.3 Å². The van der Waals surface area contributed by atoms with Crippen LogP contribution >= 0.6 is 0 Å². The summed E-state index contributed by atoms with van der Waals surface area (Å²) in [7, 11) is 0. The number of nitrogens with zero attached hydrogens (tertiary/aromatic N) is 1. The van der Waals surface area contributed by atoms with Gasteiger partial charge in [-0.2, -0.15) is 0 Å². The lowest BCUT2D eigenvalue weighted by Gasteiger charge is -2.35. The van der Waals surface area contributed by atoms with Crippen molar-refractivity contribution in [2.24, 2.45) is 11.7 Å². The van der Waals surface area contributed by atoms with E-state index in [9.17, 15) is 42.7 Å². The normalized spacial score (nSPS) is 18.6. The Kier molecular flexibility index (Phi) is 18.7. The van der Waals surface area contributed by atoms with Gasteiger partial charge < -0.3 is 41.4 Å². The van der Waals surface area contributed by atoms with Gasteiger partial charge in [0.25, 0.3) is 5.91 Å². The van der Waals surface area contributed by atoms with E-state index >= 15 is 0 Å². The molecule has 1 aromatic rings. The lowest BCUT2D eigenvalue weighted by Crippen LogP contribution is -2.58. The standard InChI is InChI=1S/C41H61FN6O10/c1-6-8-15-30(37(43)53)45-33(50)22-44-39(55)36(52)29(12-7-2)46-38(54)31-21-28(57-24-34(51)58-41(3,4)5)23-48(31)40(56)35(26-13-10-9-11-14-26)47-32(49)20-25-16-18-27(42)19-17-25/h16-19,26,28-31,35H,6-15,20-24H2,1-5H3,(H2,43,53)(H,44,55)(H,45,50)(H,46,54)(H,47,49)/t28-,29?,30?,31+,35?/m1/s1. The molecule has 322 valence electrons. The first-order valence-electron chi connectivity index (χ1n) is 20.3. The van der Waals surface area contributed by atoms with Gasteiger partial charge in [-0.1, -0.05) is 64.5 Å². The van der Waals surface area contributed by atoms with Crippen LogP contribution in [0.25, 0.3) is 0 Å². The van der Waals surface area contributed by atoms with Gasteiger partial charge in [-0.3, -0.25) is 33.6 Å². The Morgan fingerprint density at radius 2 is 1.55 bits per heavy atom. The SMILES string of the molecule is CCCCC(NC(=O)CNC(=O)C(=O)C(CCC)NC(=O)[C@@H]1C[C@@H](OCC(=O)OC(C)(C)C)CN1C(=O)C(NC(=O)Cc1ccc(F)cc1)C1CCCCC1)C(N)=O. The molecule has 6 N–H and O–H groups in total. The fraction of sp³-hybridized carbons (Fsp3) is 0.659. The summed E-state index contributed by atoms with van der Waals surface area (Å²) in [5, 5.41) is 10.2. The molecule has 1 saturated heterocycles. The van der Waals surface area contributed by atoms with Crippen molar-refractivity contribution < 1.29 is 52.2 Å². The van der Waals surface area contributed by atoms with Gasteiger partial charge in [0.1, 0.15) is 36.2 Å². The van der Waals surface area contributed by atoms with Gasteiger partial charge in [-0.15, -0.1) is 0 Å². The zero-order chi connectivity index (χ0) is 43.0. The van der Waals surface area contributed by atoms with Gasteiger partial charge in [0.05, 0.1) is 25.1 Å². The van der Waals surface area contributed by atoms with Crippen molar-refractivity contribution in [3.63, 3.8) is 0 Å². The number of esters is 1. The third-order valence-electron chi connectivity index (χ3n) is 10.1. The summed E-state index contributed by atoms with van der Waals surface area (Å²) in [6.45, 7) is 7.56. The number of hydrogen-bond acceptors (Lipinski definition) is 10. The second kappa shape index (κ2) is 22.9. The lowest BCUT2D eigenvalue weighted by atomic mass is 9.83. The summed E-state index contributed by atoms with van der Waals surface area (Å²) >= 11 is 0. The molecule has 3 rings (SSSR count). The minimum Gasteiger partial charge on any atom is -0.458 e. The quantitative estimate of drug-likeness (QED) is 0.0894. The van der Waals surface area contributed by atoms with Crippen molar-refractivity contribution in [2.45, 2.75) is 148 Å². The molecule has 5 atom stereocenters. The number of unbranched alkanes of at least 4 members (excludes halogenated alkanes) is 1. The van der Waals surface area contributed by atoms with Crippen LogP contribution in [0.4, 0.5) is 4.39 Å². The smallest absolute Gasteiger partial charge is 0.332 e. The van der Waals surface area contributed by atoms with Gasteiger partial charge in [0.15, 0.2) is 0 Å². The Morgan fingerprint density at radius 1 is 0.879 bits per heavy atom. The van der Waals surface area contributed by atoms with E-state index in [4.69, 9.17) is 15.2 Å². The van der Waals surface area contributed by atoms with Crippen LogP contribution in [0.1, 0.15) is 111 Å². The maximum atomic E-state index is 14.6. The molecule has 6 amide bonds. The first-order valence-corrected chi connectivity index (χ1v) is 20.3. The molecule has 1 aliphatic carbocycles. The summed E-state index contributed by atoms with van der Waals surface area (Å²) in [5.74, 6) is -6.74. The molecule has 2 aliphatic rings. The third kappa shape index (κ3) is 15.4. The number of primary amides is 1. The molecule has 17 heteroatoms. The number of nitrogens with one attached hydrogen (secondary N) is 4. The maximum absolute atomic E-state index is 14.6. The van der Waals surface area contributed by atoms with E-state index in [1.165, 1.54) is 29.2 Å². The number of Topliss-reactive ketones (excluding diaryl/α,β-unsaturated/α-hetero) is 1. The van der Waals surface area contributed by atoms with E-state index in [1.807, 2.05) is 6.92 Å². The van der Waals surface area contributed by atoms with E-state index in [0.29, 0.717) is 37.7 Å². The highest BCUT2D eigenvalue weighted by Gasteiger charge is 2.45. The van der Waals surface area contributed by atoms with Gasteiger partial charge in [0, 0.05) is 13.0 Å². The van der Waals surface area contributed by atoms with E-state index in [1.54, 1.807) is 27.7 Å². The number of nitrogens with two attached hydrogens (primary N) is 1. The molecule has 0 aromatic heterocycles. The number of hydrogen-bond donors (Lipinski definition) is 5. The highest BCUT2D eigenvalue weighted by Crippen LogP contribution is 2.30. The number of halogens is 1. The Bertz CT molecular complexity index is 1610. The van der Waals surface area contributed by atoms with Crippen LogP contribution in [0.3, 0.4) is 0 Å². The number of rotatable bonds is 21. The summed E-state index contributed by atoms with van der Waals surface area (Å²) in [6, 6.07) is 0.941. The molecule has 2 fully saturated rings. The van der Waals surface area contributed by atoms with Gasteiger partial charge >= 0.3 is 5.97 Å². The average Bonchev–Trinajstić information content (AvgIpc) is 3.61. The summed E-state index contributed by atoms with van der Waals surface area (Å²) in [5.41, 5.74) is 5.14. The molecule has 0 bridgehead atoms. The predicted octanol–water partition coefficient (Wildman–Crippen LogP) is 1.89. The number of amides is 6. The predicted molar refractivity (Wildman–Crippen MR) is 210 cm³/mol. The first kappa shape index (κ1) is 47.4. The van der Waals surface area contributed by atoms with Crippen LogP contribution in [0, 0.1) is 11.7 Å². The zero-order valence-electron chi connectivity index (χ0n) is 34.4. The fourth-order valence-electron chi connectivity index (χ4n) is 7.18. The van der Waals surface area contributed by atoms with Crippen LogP contribution in [-0.2, 0) is 54.3 Å². The van der Waals surface area contributed by atoms with Crippen molar-refractivity contribution in [2.75, 3.05) is 19.7 Å². The average molecular weight is 817 g/mol. The highest BCUT2D eigenvalue weighted by atomic mass is 19.1. The lowest BCUT2D eigenvalue weighted by molar-refractivity contribution is -0.162.